The van der Waals surface area contributed by atoms with E-state index >= 15 is 0 Å². The Labute approximate surface area is 153 Å². The minimum absolute atomic E-state index is 0.141. The number of anilines is 1. The maximum atomic E-state index is 12.5. The predicted octanol–water partition coefficient (Wildman–Crippen LogP) is 3.71. The van der Waals surface area contributed by atoms with Crippen LogP contribution in [0.2, 0.25) is 4.34 Å². The first kappa shape index (κ1) is 17.9. The monoisotopic (exact) mass is 399 g/mol. The quantitative estimate of drug-likeness (QED) is 0.679. The van der Waals surface area contributed by atoms with E-state index in [1.165, 1.54) is 13.2 Å². The molecule has 0 aliphatic heterocycles. The molecular weight excluding hydrogens is 386 g/mol. The van der Waals surface area contributed by atoms with Crippen molar-refractivity contribution in [1.29, 1.82) is 0 Å². The number of methoxy groups -OCH3 is 1. The Bertz CT molecular complexity index is 998. The highest BCUT2D eigenvalue weighted by atomic mass is 35.5. The number of thiophene rings is 1. The number of ether oxygens (including phenoxy) is 1. The van der Waals surface area contributed by atoms with Crippen LogP contribution >= 0.6 is 22.9 Å². The van der Waals surface area contributed by atoms with E-state index in [0.717, 1.165) is 11.3 Å². The van der Waals surface area contributed by atoms with Crippen molar-refractivity contribution in [3.63, 3.8) is 0 Å². The molecule has 25 heavy (non-hydrogen) atoms. The van der Waals surface area contributed by atoms with E-state index in [4.69, 9.17) is 20.9 Å². The molecule has 0 bridgehead atoms. The van der Waals surface area contributed by atoms with E-state index in [2.05, 4.69) is 14.9 Å². The Kier molecular flexibility index (Phi) is 5.09. The molecule has 1 aromatic carbocycles. The largest absolute Gasteiger partial charge is 0.377 e. The van der Waals surface area contributed by atoms with Gasteiger partial charge < -0.3 is 9.26 Å². The zero-order chi connectivity index (χ0) is 18.0. The van der Waals surface area contributed by atoms with Gasteiger partial charge in [-0.3, -0.25) is 4.72 Å². The molecule has 0 aliphatic carbocycles. The predicted molar refractivity (Wildman–Crippen MR) is 95.3 cm³/mol. The van der Waals surface area contributed by atoms with Crippen LogP contribution in [0.3, 0.4) is 0 Å². The lowest BCUT2D eigenvalue weighted by Gasteiger charge is -2.11. The Hall–Kier alpha value is -1.94. The Balaban J connectivity index is 1.93. The minimum atomic E-state index is -3.72. The number of nitrogens with one attached hydrogen (secondary N) is 1. The van der Waals surface area contributed by atoms with Gasteiger partial charge >= 0.3 is 0 Å². The van der Waals surface area contributed by atoms with E-state index in [1.54, 1.807) is 31.2 Å². The van der Waals surface area contributed by atoms with Crippen molar-refractivity contribution in [2.45, 2.75) is 17.7 Å². The van der Waals surface area contributed by atoms with Gasteiger partial charge in [0.1, 0.15) is 10.8 Å². The van der Waals surface area contributed by atoms with Gasteiger partial charge in [-0.05, 0) is 36.8 Å². The van der Waals surface area contributed by atoms with Crippen LogP contribution in [0.25, 0.3) is 11.5 Å². The van der Waals surface area contributed by atoms with Gasteiger partial charge in [-0.25, -0.2) is 8.42 Å². The molecule has 2 heterocycles. The minimum Gasteiger partial charge on any atom is -0.377 e. The fourth-order valence-electron chi connectivity index (χ4n) is 2.17. The molecule has 2 aromatic heterocycles. The molecule has 0 fully saturated rings. The number of aromatic nitrogens is 2. The van der Waals surface area contributed by atoms with Crippen molar-refractivity contribution in [2.75, 3.05) is 11.8 Å². The van der Waals surface area contributed by atoms with Crippen LogP contribution in [0.5, 0.6) is 0 Å². The second-order valence-electron chi connectivity index (χ2n) is 5.09. The smallest absolute Gasteiger partial charge is 0.271 e. The summed E-state index contributed by atoms with van der Waals surface area (Å²) in [5.41, 5.74) is 1.73. The van der Waals surface area contributed by atoms with Gasteiger partial charge in [0.2, 0.25) is 0 Å². The van der Waals surface area contributed by atoms with Gasteiger partial charge in [-0.1, -0.05) is 22.8 Å². The van der Waals surface area contributed by atoms with E-state index in [1.807, 2.05) is 0 Å². The summed E-state index contributed by atoms with van der Waals surface area (Å²) >= 11 is 6.81. The van der Waals surface area contributed by atoms with Crippen LogP contribution in [-0.2, 0) is 21.4 Å². The molecule has 132 valence electrons. The highest BCUT2D eigenvalue weighted by Crippen LogP contribution is 2.31. The SMILES string of the molecule is COCc1noc(-c2cccc(NS(=O)(=O)c3ccc(Cl)s3)c2C)n1. The highest BCUT2D eigenvalue weighted by Gasteiger charge is 2.20. The zero-order valence-electron chi connectivity index (χ0n) is 13.3. The Morgan fingerprint density at radius 1 is 1.32 bits per heavy atom. The maximum Gasteiger partial charge on any atom is 0.271 e. The van der Waals surface area contributed by atoms with Crippen LogP contribution in [-0.4, -0.2) is 25.7 Å². The first-order valence-electron chi connectivity index (χ1n) is 7.10. The average molecular weight is 400 g/mol. The van der Waals surface area contributed by atoms with Crippen molar-refractivity contribution in [3.05, 3.63) is 46.1 Å². The number of nitrogens with zero attached hydrogens (tertiary/aromatic N) is 2. The van der Waals surface area contributed by atoms with Gasteiger partial charge in [0.25, 0.3) is 15.9 Å². The summed E-state index contributed by atoms with van der Waals surface area (Å²) in [6.07, 6.45) is 0. The summed E-state index contributed by atoms with van der Waals surface area (Å²) in [6, 6.07) is 8.16. The average Bonchev–Trinajstić information content (AvgIpc) is 3.19. The maximum absolute atomic E-state index is 12.5. The van der Waals surface area contributed by atoms with E-state index in [0.29, 0.717) is 32.9 Å². The third-order valence-corrected chi connectivity index (χ3v) is 6.45. The molecule has 0 spiro atoms. The third kappa shape index (κ3) is 3.84. The molecule has 7 nitrogen and oxygen atoms in total. The number of rotatable bonds is 6. The van der Waals surface area contributed by atoms with Crippen LogP contribution in [0.4, 0.5) is 5.69 Å². The van der Waals surface area contributed by atoms with Crippen LogP contribution < -0.4 is 4.72 Å². The second-order valence-corrected chi connectivity index (χ2v) is 8.72. The molecule has 0 atom stereocenters. The Morgan fingerprint density at radius 3 is 2.80 bits per heavy atom. The topological polar surface area (TPSA) is 94.3 Å². The summed E-state index contributed by atoms with van der Waals surface area (Å²) < 4.78 is 38.3. The van der Waals surface area contributed by atoms with Crippen LogP contribution in [0, 0.1) is 6.92 Å². The molecule has 0 saturated heterocycles. The van der Waals surface area contributed by atoms with Crippen molar-refractivity contribution in [2.24, 2.45) is 0 Å². The molecule has 0 saturated carbocycles. The molecular formula is C15H14ClN3O4S2. The normalized spacial score (nSPS) is 11.6. The highest BCUT2D eigenvalue weighted by molar-refractivity contribution is 7.94. The van der Waals surface area contributed by atoms with E-state index < -0.39 is 10.0 Å². The van der Waals surface area contributed by atoms with Gasteiger partial charge in [-0.2, -0.15) is 4.98 Å². The van der Waals surface area contributed by atoms with Crippen molar-refractivity contribution >= 4 is 38.6 Å². The van der Waals surface area contributed by atoms with Crippen LogP contribution in [0.1, 0.15) is 11.4 Å². The first-order chi connectivity index (χ1) is 11.9. The summed E-state index contributed by atoms with van der Waals surface area (Å²) in [7, 11) is -2.18. The Morgan fingerprint density at radius 2 is 2.12 bits per heavy atom. The van der Waals surface area contributed by atoms with Gasteiger partial charge in [0.15, 0.2) is 5.82 Å². The van der Waals surface area contributed by atoms with E-state index in [-0.39, 0.29) is 10.8 Å². The number of sulfonamides is 1. The lowest BCUT2D eigenvalue weighted by Crippen LogP contribution is -2.12. The number of hydrogen-bond acceptors (Lipinski definition) is 7. The first-order valence-corrected chi connectivity index (χ1v) is 9.78. The van der Waals surface area contributed by atoms with Gasteiger partial charge in [-0.15, -0.1) is 11.3 Å². The molecule has 0 unspecified atom stereocenters. The fourth-order valence-corrected chi connectivity index (χ4v) is 4.77. The number of benzene rings is 1. The lowest BCUT2D eigenvalue weighted by atomic mass is 10.1. The molecule has 1 N–H and O–H groups in total. The zero-order valence-corrected chi connectivity index (χ0v) is 15.7. The molecule has 0 radical (unpaired) electrons. The van der Waals surface area contributed by atoms with Crippen LogP contribution in [0.15, 0.2) is 39.1 Å². The summed E-state index contributed by atoms with van der Waals surface area (Å²) in [4.78, 5) is 4.23. The van der Waals surface area contributed by atoms with Crippen molar-refractivity contribution < 1.29 is 17.7 Å². The van der Waals surface area contributed by atoms with Crippen molar-refractivity contribution in [3.8, 4) is 11.5 Å². The molecule has 3 rings (SSSR count). The number of hydrogen-bond donors (Lipinski definition) is 1. The van der Waals surface area contributed by atoms with Gasteiger partial charge in [0, 0.05) is 12.7 Å². The summed E-state index contributed by atoms with van der Waals surface area (Å²) in [6.45, 7) is 2.00. The van der Waals surface area contributed by atoms with Crippen molar-refractivity contribution in [1.82, 2.24) is 10.1 Å². The fraction of sp³-hybridized carbons (Fsp3) is 0.200. The standard InChI is InChI=1S/C15H14ClN3O4S2/c1-9-10(15-17-13(8-22-2)18-23-15)4-3-5-11(9)19-25(20,21)14-7-6-12(16)24-14/h3-7,19H,8H2,1-2H3. The lowest BCUT2D eigenvalue weighted by molar-refractivity contribution is 0.174. The molecule has 0 aliphatic rings. The van der Waals surface area contributed by atoms with Gasteiger partial charge in [0.05, 0.1) is 10.0 Å². The molecule has 3 aromatic rings. The second kappa shape index (κ2) is 7.12. The molecule has 10 heteroatoms. The number of halogens is 1. The third-order valence-electron chi connectivity index (χ3n) is 3.36. The summed E-state index contributed by atoms with van der Waals surface area (Å²) in [5, 5.41) is 3.82. The molecule has 0 amide bonds. The van der Waals surface area contributed by atoms with E-state index in [9.17, 15) is 8.42 Å². The summed E-state index contributed by atoms with van der Waals surface area (Å²) in [5.74, 6) is 0.709.